The molecule has 2 rings (SSSR count). The summed E-state index contributed by atoms with van der Waals surface area (Å²) in [4.78, 5) is 12.6. The maximum absolute atomic E-state index is 11.6. The van der Waals surface area contributed by atoms with Crippen LogP contribution in [0.4, 0.5) is 5.69 Å². The summed E-state index contributed by atoms with van der Waals surface area (Å²) < 4.78 is 23.3. The maximum Gasteiger partial charge on any atom is 0.225 e. The van der Waals surface area contributed by atoms with E-state index in [1.165, 1.54) is 17.8 Å². The Bertz CT molecular complexity index is 566. The van der Waals surface area contributed by atoms with Gasteiger partial charge >= 0.3 is 0 Å². The summed E-state index contributed by atoms with van der Waals surface area (Å²) in [7, 11) is -3.33. The number of hydrogen-bond donors (Lipinski definition) is 1. The van der Waals surface area contributed by atoms with E-state index < -0.39 is 9.84 Å². The highest BCUT2D eigenvalue weighted by Gasteiger charge is 2.24. The van der Waals surface area contributed by atoms with Crippen molar-refractivity contribution in [1.82, 2.24) is 0 Å². The van der Waals surface area contributed by atoms with Crippen LogP contribution in [0.15, 0.2) is 28.0 Å². The monoisotopic (exact) mass is 271 g/mol. The van der Waals surface area contributed by atoms with Crippen molar-refractivity contribution in [1.29, 1.82) is 0 Å². The second kappa shape index (κ2) is 4.34. The first kappa shape index (κ1) is 12.4. The average Bonchev–Trinajstić information content (AvgIpc) is 2.31. The van der Waals surface area contributed by atoms with Gasteiger partial charge < -0.3 is 5.32 Å². The molecule has 17 heavy (non-hydrogen) atoms. The molecule has 1 atom stereocenters. The quantitative estimate of drug-likeness (QED) is 0.847. The number of para-hydroxylation sites is 1. The van der Waals surface area contributed by atoms with Gasteiger partial charge in [0, 0.05) is 22.8 Å². The molecule has 1 aliphatic heterocycles. The Morgan fingerprint density at radius 3 is 2.76 bits per heavy atom. The number of carbonyl (C=O) groups is 1. The van der Waals surface area contributed by atoms with Crippen molar-refractivity contribution in [3.8, 4) is 0 Å². The molecule has 1 N–H and O–H groups in total. The van der Waals surface area contributed by atoms with E-state index >= 15 is 0 Å². The van der Waals surface area contributed by atoms with Crippen molar-refractivity contribution in [2.24, 2.45) is 0 Å². The predicted octanol–water partition coefficient (Wildman–Crippen LogP) is 1.91. The highest BCUT2D eigenvalue weighted by Crippen LogP contribution is 2.38. The molecule has 0 radical (unpaired) electrons. The van der Waals surface area contributed by atoms with Crippen molar-refractivity contribution in [3.05, 3.63) is 18.2 Å². The Kier molecular flexibility index (Phi) is 3.18. The Labute approximate surface area is 105 Å². The Hall–Kier alpha value is -1.01. The standard InChI is InChI=1S/C11H13NO3S2/c1-7-6-10(13)12-11-8(16-7)4-3-5-9(11)17(2,14)15/h3-5,7H,6H2,1-2H3,(H,12,13). The van der Waals surface area contributed by atoms with Crippen LogP contribution in [0.2, 0.25) is 0 Å². The fourth-order valence-electron chi connectivity index (χ4n) is 1.75. The molecule has 1 aromatic carbocycles. The summed E-state index contributed by atoms with van der Waals surface area (Å²) in [5.74, 6) is -0.139. The van der Waals surface area contributed by atoms with Crippen LogP contribution < -0.4 is 5.32 Å². The summed E-state index contributed by atoms with van der Waals surface area (Å²) in [6.07, 6.45) is 1.54. The molecule has 1 heterocycles. The summed E-state index contributed by atoms with van der Waals surface area (Å²) >= 11 is 1.52. The molecule has 1 unspecified atom stereocenters. The van der Waals surface area contributed by atoms with Crippen molar-refractivity contribution in [2.75, 3.05) is 11.6 Å². The van der Waals surface area contributed by atoms with Gasteiger partial charge in [0.2, 0.25) is 5.91 Å². The number of amides is 1. The number of anilines is 1. The van der Waals surface area contributed by atoms with E-state index in [0.717, 1.165) is 11.2 Å². The average molecular weight is 271 g/mol. The molecule has 0 fully saturated rings. The van der Waals surface area contributed by atoms with E-state index in [0.29, 0.717) is 12.1 Å². The lowest BCUT2D eigenvalue weighted by molar-refractivity contribution is -0.116. The minimum atomic E-state index is -3.33. The zero-order valence-corrected chi connectivity index (χ0v) is 11.2. The molecule has 1 amide bonds. The summed E-state index contributed by atoms with van der Waals surface area (Å²) in [5, 5.41) is 2.83. The summed E-state index contributed by atoms with van der Waals surface area (Å²) in [5.41, 5.74) is 0.425. The molecule has 0 spiro atoms. The zero-order valence-electron chi connectivity index (χ0n) is 9.56. The highest BCUT2D eigenvalue weighted by atomic mass is 32.2. The largest absolute Gasteiger partial charge is 0.324 e. The second-order valence-electron chi connectivity index (χ2n) is 4.08. The Morgan fingerprint density at radius 1 is 1.41 bits per heavy atom. The van der Waals surface area contributed by atoms with Crippen LogP contribution in [0.1, 0.15) is 13.3 Å². The third kappa shape index (κ3) is 2.63. The molecule has 1 aliphatic rings. The molecular formula is C11H13NO3S2. The van der Waals surface area contributed by atoms with Gasteiger partial charge in [-0.1, -0.05) is 13.0 Å². The van der Waals surface area contributed by atoms with Crippen LogP contribution in [0.25, 0.3) is 0 Å². The molecule has 6 heteroatoms. The molecule has 0 saturated carbocycles. The fraction of sp³-hybridized carbons (Fsp3) is 0.364. The lowest BCUT2D eigenvalue weighted by Crippen LogP contribution is -2.15. The van der Waals surface area contributed by atoms with Gasteiger partial charge in [0.15, 0.2) is 9.84 Å². The molecule has 0 aromatic heterocycles. The minimum absolute atomic E-state index is 0.139. The van der Waals surface area contributed by atoms with E-state index in [1.54, 1.807) is 6.07 Å². The highest BCUT2D eigenvalue weighted by molar-refractivity contribution is 8.00. The van der Waals surface area contributed by atoms with Crippen LogP contribution in [0.5, 0.6) is 0 Å². The minimum Gasteiger partial charge on any atom is -0.324 e. The molecule has 0 saturated heterocycles. The number of fused-ring (bicyclic) bond motifs is 1. The van der Waals surface area contributed by atoms with Crippen molar-refractivity contribution >= 4 is 33.2 Å². The van der Waals surface area contributed by atoms with Gasteiger partial charge in [-0.3, -0.25) is 4.79 Å². The van der Waals surface area contributed by atoms with Gasteiger partial charge in [0.1, 0.15) is 0 Å². The van der Waals surface area contributed by atoms with Crippen molar-refractivity contribution in [3.63, 3.8) is 0 Å². The van der Waals surface area contributed by atoms with Gasteiger partial charge in [0.25, 0.3) is 0 Å². The summed E-state index contributed by atoms with van der Waals surface area (Å²) in [6, 6.07) is 5.05. The van der Waals surface area contributed by atoms with Gasteiger partial charge in [-0.2, -0.15) is 0 Å². The number of thioether (sulfide) groups is 1. The van der Waals surface area contributed by atoms with Crippen LogP contribution in [-0.2, 0) is 14.6 Å². The Morgan fingerprint density at radius 2 is 2.12 bits per heavy atom. The predicted molar refractivity (Wildman–Crippen MR) is 68.1 cm³/mol. The SMILES string of the molecule is CC1CC(=O)Nc2c(cccc2S(C)(=O)=O)S1. The normalized spacial score (nSPS) is 20.4. The second-order valence-corrected chi connectivity index (χ2v) is 7.55. The molecule has 1 aromatic rings. The molecule has 0 bridgehead atoms. The van der Waals surface area contributed by atoms with E-state index in [1.807, 2.05) is 13.0 Å². The lowest BCUT2D eigenvalue weighted by Gasteiger charge is -2.11. The number of benzene rings is 1. The molecule has 92 valence electrons. The zero-order chi connectivity index (χ0) is 12.6. The molecule has 4 nitrogen and oxygen atoms in total. The van der Waals surface area contributed by atoms with Crippen LogP contribution in [0, 0.1) is 0 Å². The maximum atomic E-state index is 11.6. The van der Waals surface area contributed by atoms with Crippen LogP contribution in [0.3, 0.4) is 0 Å². The van der Waals surface area contributed by atoms with E-state index in [2.05, 4.69) is 5.32 Å². The van der Waals surface area contributed by atoms with Crippen LogP contribution in [-0.4, -0.2) is 25.8 Å². The first-order valence-corrected chi connectivity index (χ1v) is 7.94. The first-order valence-electron chi connectivity index (χ1n) is 5.17. The van der Waals surface area contributed by atoms with Gasteiger partial charge in [-0.05, 0) is 12.1 Å². The van der Waals surface area contributed by atoms with Gasteiger partial charge in [-0.25, -0.2) is 8.42 Å². The number of carbonyl (C=O) groups excluding carboxylic acids is 1. The van der Waals surface area contributed by atoms with Crippen molar-refractivity contribution < 1.29 is 13.2 Å². The number of sulfone groups is 1. The van der Waals surface area contributed by atoms with E-state index in [-0.39, 0.29) is 16.1 Å². The molecular weight excluding hydrogens is 258 g/mol. The van der Waals surface area contributed by atoms with E-state index in [9.17, 15) is 13.2 Å². The topological polar surface area (TPSA) is 63.2 Å². The van der Waals surface area contributed by atoms with E-state index in [4.69, 9.17) is 0 Å². The number of nitrogens with one attached hydrogen (secondary N) is 1. The number of rotatable bonds is 1. The first-order chi connectivity index (χ1) is 7.88. The molecule has 0 aliphatic carbocycles. The summed E-state index contributed by atoms with van der Waals surface area (Å²) in [6.45, 7) is 1.95. The Balaban J connectivity index is 2.61. The smallest absolute Gasteiger partial charge is 0.225 e. The van der Waals surface area contributed by atoms with Crippen LogP contribution >= 0.6 is 11.8 Å². The number of hydrogen-bond acceptors (Lipinski definition) is 4. The van der Waals surface area contributed by atoms with Gasteiger partial charge in [0.05, 0.1) is 10.6 Å². The fourth-order valence-corrected chi connectivity index (χ4v) is 3.78. The lowest BCUT2D eigenvalue weighted by atomic mass is 10.3. The van der Waals surface area contributed by atoms with Crippen molar-refractivity contribution in [2.45, 2.75) is 28.4 Å². The third-order valence-corrected chi connectivity index (χ3v) is 4.76. The van der Waals surface area contributed by atoms with Gasteiger partial charge in [-0.15, -0.1) is 11.8 Å². The third-order valence-electron chi connectivity index (χ3n) is 2.45.